The first kappa shape index (κ1) is 11.0. The molecular formula is C9H5BrClNO2. The van der Waals surface area contributed by atoms with Gasteiger partial charge < -0.3 is 5.11 Å². The fraction of sp³-hybridized carbons (Fsp3) is 0.111. The van der Waals surface area contributed by atoms with Crippen LogP contribution in [0.1, 0.15) is 11.1 Å². The SMILES string of the molecule is N#Cc1c(Cl)cc(Br)cc1CC(=O)O. The van der Waals surface area contributed by atoms with Crippen LogP contribution in [0.4, 0.5) is 0 Å². The maximum atomic E-state index is 10.5. The van der Waals surface area contributed by atoms with E-state index in [1.807, 2.05) is 6.07 Å². The number of benzene rings is 1. The van der Waals surface area contributed by atoms with Crippen molar-refractivity contribution in [2.75, 3.05) is 0 Å². The van der Waals surface area contributed by atoms with E-state index in [9.17, 15) is 4.79 Å². The molecule has 0 radical (unpaired) electrons. The lowest BCUT2D eigenvalue weighted by Crippen LogP contribution is -2.02. The first-order valence-electron chi connectivity index (χ1n) is 3.64. The van der Waals surface area contributed by atoms with Crippen LogP contribution in [0, 0.1) is 11.3 Å². The molecule has 0 aromatic heterocycles. The molecule has 0 heterocycles. The lowest BCUT2D eigenvalue weighted by molar-refractivity contribution is -0.136. The molecular weight excluding hydrogens is 269 g/mol. The van der Waals surface area contributed by atoms with Gasteiger partial charge in [-0.15, -0.1) is 0 Å². The molecule has 5 heteroatoms. The van der Waals surface area contributed by atoms with Gasteiger partial charge in [-0.25, -0.2) is 0 Å². The van der Waals surface area contributed by atoms with E-state index in [0.29, 0.717) is 10.0 Å². The average Bonchev–Trinajstić information content (AvgIpc) is 2.01. The largest absolute Gasteiger partial charge is 0.481 e. The maximum absolute atomic E-state index is 10.5. The van der Waals surface area contributed by atoms with E-state index >= 15 is 0 Å². The Labute approximate surface area is 94.0 Å². The minimum absolute atomic E-state index is 0.206. The predicted molar refractivity (Wildman–Crippen MR) is 55.2 cm³/mol. The summed E-state index contributed by atoms with van der Waals surface area (Å²) in [7, 11) is 0. The number of rotatable bonds is 2. The Morgan fingerprint density at radius 3 is 2.79 bits per heavy atom. The van der Waals surface area contributed by atoms with Crippen LogP contribution in [-0.2, 0) is 11.2 Å². The van der Waals surface area contributed by atoms with E-state index in [-0.39, 0.29) is 17.0 Å². The second-order valence-corrected chi connectivity index (χ2v) is 3.93. The van der Waals surface area contributed by atoms with Crippen LogP contribution in [0.2, 0.25) is 5.02 Å². The van der Waals surface area contributed by atoms with Crippen LogP contribution in [-0.4, -0.2) is 11.1 Å². The van der Waals surface area contributed by atoms with Gasteiger partial charge >= 0.3 is 5.97 Å². The summed E-state index contributed by atoms with van der Waals surface area (Å²) in [5.41, 5.74) is 0.636. The zero-order chi connectivity index (χ0) is 10.7. The number of nitriles is 1. The number of carbonyl (C=O) groups is 1. The molecule has 0 saturated heterocycles. The second kappa shape index (κ2) is 4.45. The fourth-order valence-corrected chi connectivity index (χ4v) is 1.97. The summed E-state index contributed by atoms with van der Waals surface area (Å²) in [6, 6.07) is 5.02. The molecule has 0 unspecified atom stereocenters. The molecule has 0 atom stereocenters. The molecule has 72 valence electrons. The normalized spacial score (nSPS) is 9.50. The molecule has 14 heavy (non-hydrogen) atoms. The fourth-order valence-electron chi connectivity index (χ4n) is 1.05. The highest BCUT2D eigenvalue weighted by Crippen LogP contribution is 2.25. The predicted octanol–water partition coefficient (Wildman–Crippen LogP) is 2.60. The highest BCUT2D eigenvalue weighted by atomic mass is 79.9. The van der Waals surface area contributed by atoms with Gasteiger partial charge in [-0.3, -0.25) is 4.79 Å². The van der Waals surface area contributed by atoms with Crippen LogP contribution in [0.3, 0.4) is 0 Å². The summed E-state index contributed by atoms with van der Waals surface area (Å²) in [6.45, 7) is 0. The van der Waals surface area contributed by atoms with Crippen molar-refractivity contribution in [3.63, 3.8) is 0 Å². The summed E-state index contributed by atoms with van der Waals surface area (Å²) in [5, 5.41) is 17.6. The van der Waals surface area contributed by atoms with Crippen LogP contribution in [0.15, 0.2) is 16.6 Å². The van der Waals surface area contributed by atoms with Gasteiger partial charge in [-0.2, -0.15) is 5.26 Å². The lowest BCUT2D eigenvalue weighted by Gasteiger charge is -2.03. The monoisotopic (exact) mass is 273 g/mol. The summed E-state index contributed by atoms with van der Waals surface area (Å²) in [6.07, 6.45) is -0.206. The Balaban J connectivity index is 3.26. The van der Waals surface area contributed by atoms with Gasteiger partial charge in [-0.05, 0) is 17.7 Å². The third kappa shape index (κ3) is 2.47. The molecule has 0 spiro atoms. The molecule has 0 bridgehead atoms. The van der Waals surface area contributed by atoms with Gasteiger partial charge in [0.2, 0.25) is 0 Å². The Morgan fingerprint density at radius 1 is 1.64 bits per heavy atom. The van der Waals surface area contributed by atoms with E-state index in [4.69, 9.17) is 22.0 Å². The van der Waals surface area contributed by atoms with Gasteiger partial charge in [0.25, 0.3) is 0 Å². The Kier molecular flexibility index (Phi) is 3.50. The van der Waals surface area contributed by atoms with E-state index in [0.717, 1.165) is 0 Å². The van der Waals surface area contributed by atoms with Gasteiger partial charge in [0, 0.05) is 4.47 Å². The van der Waals surface area contributed by atoms with Crippen molar-refractivity contribution in [2.24, 2.45) is 0 Å². The summed E-state index contributed by atoms with van der Waals surface area (Å²) in [4.78, 5) is 10.5. The quantitative estimate of drug-likeness (QED) is 0.901. The third-order valence-corrected chi connectivity index (χ3v) is 2.35. The van der Waals surface area contributed by atoms with Crippen molar-refractivity contribution in [1.82, 2.24) is 0 Å². The molecule has 0 amide bonds. The second-order valence-electron chi connectivity index (χ2n) is 2.60. The molecule has 1 aromatic rings. The number of hydrogen-bond acceptors (Lipinski definition) is 2. The number of nitrogens with zero attached hydrogens (tertiary/aromatic N) is 1. The summed E-state index contributed by atoms with van der Waals surface area (Å²) in [5.74, 6) is -0.990. The molecule has 1 rings (SSSR count). The van der Waals surface area contributed by atoms with Crippen molar-refractivity contribution >= 4 is 33.5 Å². The minimum atomic E-state index is -0.990. The number of hydrogen-bond donors (Lipinski definition) is 1. The molecule has 0 fully saturated rings. The van der Waals surface area contributed by atoms with E-state index in [1.54, 1.807) is 12.1 Å². The molecule has 0 aliphatic heterocycles. The molecule has 0 saturated carbocycles. The van der Waals surface area contributed by atoms with Crippen LogP contribution in [0.25, 0.3) is 0 Å². The Morgan fingerprint density at radius 2 is 2.29 bits per heavy atom. The summed E-state index contributed by atoms with van der Waals surface area (Å²) >= 11 is 8.95. The molecule has 0 aliphatic rings. The van der Waals surface area contributed by atoms with Gasteiger partial charge in [0.1, 0.15) is 6.07 Å². The maximum Gasteiger partial charge on any atom is 0.307 e. The first-order valence-corrected chi connectivity index (χ1v) is 4.81. The van der Waals surface area contributed by atoms with Gasteiger partial charge in [-0.1, -0.05) is 27.5 Å². The standard InChI is InChI=1S/C9H5BrClNO2/c10-6-1-5(2-9(13)14)7(4-12)8(11)3-6/h1,3H,2H2,(H,13,14). The van der Waals surface area contributed by atoms with E-state index in [1.165, 1.54) is 0 Å². The number of carboxylic acid groups (broad SMARTS) is 1. The first-order chi connectivity index (χ1) is 6.54. The van der Waals surface area contributed by atoms with Crippen molar-refractivity contribution in [1.29, 1.82) is 5.26 Å². The molecule has 1 aromatic carbocycles. The zero-order valence-corrected chi connectivity index (χ0v) is 9.26. The molecule has 0 aliphatic carbocycles. The minimum Gasteiger partial charge on any atom is -0.481 e. The van der Waals surface area contributed by atoms with Crippen molar-refractivity contribution in [3.05, 3.63) is 32.8 Å². The van der Waals surface area contributed by atoms with Gasteiger partial charge in [0.05, 0.1) is 17.0 Å². The van der Waals surface area contributed by atoms with Crippen molar-refractivity contribution in [3.8, 4) is 6.07 Å². The van der Waals surface area contributed by atoms with Crippen LogP contribution >= 0.6 is 27.5 Å². The highest BCUT2D eigenvalue weighted by molar-refractivity contribution is 9.10. The number of aliphatic carboxylic acids is 1. The highest BCUT2D eigenvalue weighted by Gasteiger charge is 2.11. The topological polar surface area (TPSA) is 61.1 Å². The molecule has 1 N–H and O–H groups in total. The Hall–Kier alpha value is -1.05. The summed E-state index contributed by atoms with van der Waals surface area (Å²) < 4.78 is 0.665. The Bertz CT molecular complexity index is 426. The lowest BCUT2D eigenvalue weighted by atomic mass is 10.1. The number of halogens is 2. The average molecular weight is 275 g/mol. The van der Waals surface area contributed by atoms with Crippen LogP contribution < -0.4 is 0 Å². The van der Waals surface area contributed by atoms with Gasteiger partial charge in [0.15, 0.2) is 0 Å². The van der Waals surface area contributed by atoms with Crippen molar-refractivity contribution in [2.45, 2.75) is 6.42 Å². The van der Waals surface area contributed by atoms with Crippen LogP contribution in [0.5, 0.6) is 0 Å². The van der Waals surface area contributed by atoms with Crippen molar-refractivity contribution < 1.29 is 9.90 Å². The molecule has 3 nitrogen and oxygen atoms in total. The van der Waals surface area contributed by atoms with E-state index in [2.05, 4.69) is 15.9 Å². The smallest absolute Gasteiger partial charge is 0.307 e. The third-order valence-electron chi connectivity index (χ3n) is 1.59. The van der Waals surface area contributed by atoms with E-state index < -0.39 is 5.97 Å². The number of carboxylic acids is 1. The zero-order valence-electron chi connectivity index (χ0n) is 6.92.